The molecular formula is C12H17NO3. The molecule has 0 aromatic heterocycles. The van der Waals surface area contributed by atoms with Crippen LogP contribution in [-0.2, 0) is 0 Å². The first-order valence-corrected chi connectivity index (χ1v) is 5.27. The number of benzene rings is 1. The predicted molar refractivity (Wildman–Crippen MR) is 62.2 cm³/mol. The van der Waals surface area contributed by atoms with Gasteiger partial charge in [-0.15, -0.1) is 0 Å². The minimum Gasteiger partial charge on any atom is -0.493 e. The molecule has 0 radical (unpaired) electrons. The first kappa shape index (κ1) is 12.5. The van der Waals surface area contributed by atoms with E-state index in [-0.39, 0.29) is 5.78 Å². The molecule has 4 nitrogen and oxygen atoms in total. The van der Waals surface area contributed by atoms with Crippen molar-refractivity contribution < 1.29 is 14.3 Å². The van der Waals surface area contributed by atoms with Crippen molar-refractivity contribution in [1.82, 2.24) is 0 Å². The Morgan fingerprint density at radius 2 is 2.19 bits per heavy atom. The standard InChI is InChI=1S/C12H17NO3/c1-3-16-12-9(10(14)7-8-13)5-4-6-11(12)15-2/h4-6H,3,7-8,13H2,1-2H3. The maximum atomic E-state index is 11.8. The highest BCUT2D eigenvalue weighted by Crippen LogP contribution is 2.31. The van der Waals surface area contributed by atoms with E-state index in [1.165, 1.54) is 0 Å². The molecule has 4 heteroatoms. The second-order valence-electron chi connectivity index (χ2n) is 3.23. The van der Waals surface area contributed by atoms with Crippen LogP contribution in [0.1, 0.15) is 23.7 Å². The van der Waals surface area contributed by atoms with E-state index in [0.717, 1.165) is 0 Å². The Balaban J connectivity index is 3.10. The van der Waals surface area contributed by atoms with E-state index in [1.54, 1.807) is 25.3 Å². The molecule has 0 aliphatic rings. The average molecular weight is 223 g/mol. The number of ketones is 1. The van der Waals surface area contributed by atoms with Gasteiger partial charge in [-0.3, -0.25) is 4.79 Å². The van der Waals surface area contributed by atoms with Crippen LogP contribution in [0.4, 0.5) is 0 Å². The second kappa shape index (κ2) is 6.12. The summed E-state index contributed by atoms with van der Waals surface area (Å²) >= 11 is 0. The zero-order valence-corrected chi connectivity index (χ0v) is 9.66. The summed E-state index contributed by atoms with van der Waals surface area (Å²) in [4.78, 5) is 11.8. The smallest absolute Gasteiger partial charge is 0.171 e. The summed E-state index contributed by atoms with van der Waals surface area (Å²) in [6.45, 7) is 2.69. The third kappa shape index (κ3) is 2.73. The van der Waals surface area contributed by atoms with Crippen molar-refractivity contribution in [2.45, 2.75) is 13.3 Å². The largest absolute Gasteiger partial charge is 0.493 e. The molecule has 0 aliphatic heterocycles. The fourth-order valence-electron chi connectivity index (χ4n) is 1.46. The molecule has 0 amide bonds. The fraction of sp³-hybridized carbons (Fsp3) is 0.417. The van der Waals surface area contributed by atoms with Gasteiger partial charge in [0.25, 0.3) is 0 Å². The molecular weight excluding hydrogens is 206 g/mol. The van der Waals surface area contributed by atoms with Gasteiger partial charge in [0.2, 0.25) is 0 Å². The van der Waals surface area contributed by atoms with Crippen molar-refractivity contribution in [3.8, 4) is 11.5 Å². The zero-order chi connectivity index (χ0) is 12.0. The summed E-state index contributed by atoms with van der Waals surface area (Å²) in [7, 11) is 1.55. The maximum Gasteiger partial charge on any atom is 0.171 e. The lowest BCUT2D eigenvalue weighted by Crippen LogP contribution is -2.10. The van der Waals surface area contributed by atoms with Gasteiger partial charge in [-0.1, -0.05) is 6.07 Å². The van der Waals surface area contributed by atoms with Crippen molar-refractivity contribution in [2.24, 2.45) is 5.73 Å². The SMILES string of the molecule is CCOc1c(OC)cccc1C(=O)CCN. The molecule has 0 spiro atoms. The van der Waals surface area contributed by atoms with E-state index in [4.69, 9.17) is 15.2 Å². The first-order valence-electron chi connectivity index (χ1n) is 5.27. The number of carbonyl (C=O) groups is 1. The summed E-state index contributed by atoms with van der Waals surface area (Å²) in [6.07, 6.45) is 0.313. The van der Waals surface area contributed by atoms with Crippen LogP contribution in [0.5, 0.6) is 11.5 Å². The van der Waals surface area contributed by atoms with Gasteiger partial charge in [0, 0.05) is 6.42 Å². The van der Waals surface area contributed by atoms with Gasteiger partial charge in [0.1, 0.15) is 0 Å². The lowest BCUT2D eigenvalue weighted by atomic mass is 10.1. The number of hydrogen-bond acceptors (Lipinski definition) is 4. The summed E-state index contributed by atoms with van der Waals surface area (Å²) in [5.41, 5.74) is 5.90. The number of Topliss-reactive ketones (excluding diaryl/α,β-unsaturated/α-hetero) is 1. The van der Waals surface area contributed by atoms with Crippen LogP contribution >= 0.6 is 0 Å². The van der Waals surface area contributed by atoms with E-state index < -0.39 is 0 Å². The predicted octanol–water partition coefficient (Wildman–Crippen LogP) is 1.63. The van der Waals surface area contributed by atoms with Crippen LogP contribution < -0.4 is 15.2 Å². The minimum absolute atomic E-state index is 0.0233. The number of para-hydroxylation sites is 1. The number of nitrogens with two attached hydrogens (primary N) is 1. The van der Waals surface area contributed by atoms with E-state index in [2.05, 4.69) is 0 Å². The van der Waals surface area contributed by atoms with Crippen LogP contribution in [0.3, 0.4) is 0 Å². The van der Waals surface area contributed by atoms with Crippen LogP contribution in [0.2, 0.25) is 0 Å². The van der Waals surface area contributed by atoms with Gasteiger partial charge in [0.05, 0.1) is 19.3 Å². The molecule has 0 aliphatic carbocycles. The molecule has 16 heavy (non-hydrogen) atoms. The minimum atomic E-state index is -0.0233. The van der Waals surface area contributed by atoms with Crippen LogP contribution in [0.25, 0.3) is 0 Å². The molecule has 0 saturated carbocycles. The molecule has 1 rings (SSSR count). The lowest BCUT2D eigenvalue weighted by molar-refractivity contribution is 0.0981. The molecule has 0 heterocycles. The van der Waals surface area contributed by atoms with Gasteiger partial charge >= 0.3 is 0 Å². The van der Waals surface area contributed by atoms with Crippen LogP contribution in [0, 0.1) is 0 Å². The number of rotatable bonds is 6. The summed E-state index contributed by atoms with van der Waals surface area (Å²) < 4.78 is 10.6. The van der Waals surface area contributed by atoms with Gasteiger partial charge in [-0.25, -0.2) is 0 Å². The Morgan fingerprint density at radius 3 is 2.75 bits per heavy atom. The Kier molecular flexibility index (Phi) is 4.79. The fourth-order valence-corrected chi connectivity index (χ4v) is 1.46. The Bertz CT molecular complexity index is 363. The van der Waals surface area contributed by atoms with Gasteiger partial charge in [0.15, 0.2) is 17.3 Å². The summed E-state index contributed by atoms with van der Waals surface area (Å²) in [5, 5.41) is 0. The van der Waals surface area contributed by atoms with Crippen molar-refractivity contribution >= 4 is 5.78 Å². The number of methoxy groups -OCH3 is 1. The topological polar surface area (TPSA) is 61.5 Å². The van der Waals surface area contributed by atoms with Crippen molar-refractivity contribution in [3.05, 3.63) is 23.8 Å². The van der Waals surface area contributed by atoms with Gasteiger partial charge < -0.3 is 15.2 Å². The van der Waals surface area contributed by atoms with Crippen molar-refractivity contribution in [2.75, 3.05) is 20.3 Å². The van der Waals surface area contributed by atoms with Crippen molar-refractivity contribution in [1.29, 1.82) is 0 Å². The monoisotopic (exact) mass is 223 g/mol. The Hall–Kier alpha value is -1.55. The quantitative estimate of drug-likeness (QED) is 0.744. The van der Waals surface area contributed by atoms with E-state index in [1.807, 2.05) is 6.92 Å². The molecule has 0 fully saturated rings. The molecule has 1 aromatic rings. The molecule has 2 N–H and O–H groups in total. The van der Waals surface area contributed by atoms with Crippen molar-refractivity contribution in [3.63, 3.8) is 0 Å². The third-order valence-electron chi connectivity index (χ3n) is 2.16. The zero-order valence-electron chi connectivity index (χ0n) is 9.66. The maximum absolute atomic E-state index is 11.8. The highest BCUT2D eigenvalue weighted by atomic mass is 16.5. The second-order valence-corrected chi connectivity index (χ2v) is 3.23. The third-order valence-corrected chi connectivity index (χ3v) is 2.16. The van der Waals surface area contributed by atoms with Gasteiger partial charge in [-0.05, 0) is 25.6 Å². The lowest BCUT2D eigenvalue weighted by Gasteiger charge is -2.12. The Morgan fingerprint density at radius 1 is 1.44 bits per heavy atom. The average Bonchev–Trinajstić information content (AvgIpc) is 2.30. The van der Waals surface area contributed by atoms with E-state index in [9.17, 15) is 4.79 Å². The van der Waals surface area contributed by atoms with Gasteiger partial charge in [-0.2, -0.15) is 0 Å². The molecule has 0 unspecified atom stereocenters. The van der Waals surface area contributed by atoms with E-state index >= 15 is 0 Å². The molecule has 1 aromatic carbocycles. The normalized spacial score (nSPS) is 9.94. The summed E-state index contributed by atoms with van der Waals surface area (Å²) in [5.74, 6) is 1.06. The first-order chi connectivity index (χ1) is 7.74. The molecule has 0 bridgehead atoms. The summed E-state index contributed by atoms with van der Waals surface area (Å²) in [6, 6.07) is 5.26. The highest BCUT2D eigenvalue weighted by molar-refractivity contribution is 5.99. The highest BCUT2D eigenvalue weighted by Gasteiger charge is 2.15. The van der Waals surface area contributed by atoms with Crippen LogP contribution in [-0.4, -0.2) is 26.0 Å². The number of ether oxygens (including phenoxy) is 2. The number of carbonyl (C=O) groups excluding carboxylic acids is 1. The van der Waals surface area contributed by atoms with Crippen LogP contribution in [0.15, 0.2) is 18.2 Å². The molecule has 0 saturated heterocycles. The number of hydrogen-bond donors (Lipinski definition) is 1. The molecule has 88 valence electrons. The Labute approximate surface area is 95.3 Å². The van der Waals surface area contributed by atoms with E-state index in [0.29, 0.717) is 36.6 Å². The molecule has 0 atom stereocenters.